The Balaban J connectivity index is 2.89. The van der Waals surface area contributed by atoms with E-state index >= 15 is 0 Å². The molecule has 0 spiro atoms. The number of hydrogen-bond acceptors (Lipinski definition) is 0. The molecule has 0 amide bonds. The number of benzene rings is 1. The van der Waals surface area contributed by atoms with Crippen LogP contribution < -0.4 is 4.57 Å². The summed E-state index contributed by atoms with van der Waals surface area (Å²) in [6.45, 7) is 0. The fourth-order valence-corrected chi connectivity index (χ4v) is 1.88. The first-order valence-corrected chi connectivity index (χ1v) is 5.09. The van der Waals surface area contributed by atoms with Crippen LogP contribution in [0.4, 0.5) is 0 Å². The highest BCUT2D eigenvalue weighted by molar-refractivity contribution is 9.10. The second kappa shape index (κ2) is 3.28. The van der Waals surface area contributed by atoms with E-state index in [1.54, 1.807) is 0 Å². The first-order chi connectivity index (χ1) is 6.18. The van der Waals surface area contributed by atoms with Gasteiger partial charge >= 0.3 is 0 Å². The molecule has 0 radical (unpaired) electrons. The van der Waals surface area contributed by atoms with Crippen molar-refractivity contribution in [2.45, 2.75) is 0 Å². The van der Waals surface area contributed by atoms with Gasteiger partial charge in [0.1, 0.15) is 7.05 Å². The Hall–Kier alpha value is -0.600. The van der Waals surface area contributed by atoms with E-state index in [0.29, 0.717) is 0 Å². The van der Waals surface area contributed by atoms with Crippen molar-refractivity contribution in [2.75, 3.05) is 0 Å². The van der Waals surface area contributed by atoms with Gasteiger partial charge < -0.3 is 0 Å². The average molecular weight is 258 g/mol. The summed E-state index contributed by atoms with van der Waals surface area (Å²) in [5, 5.41) is 2.99. The molecule has 66 valence electrons. The van der Waals surface area contributed by atoms with Gasteiger partial charge in [0, 0.05) is 10.5 Å². The van der Waals surface area contributed by atoms with Gasteiger partial charge in [0.15, 0.2) is 6.20 Å². The molecule has 1 nitrogen and oxygen atoms in total. The second-order valence-electron chi connectivity index (χ2n) is 2.95. The highest BCUT2D eigenvalue weighted by Gasteiger charge is 2.08. The van der Waals surface area contributed by atoms with E-state index in [4.69, 9.17) is 11.6 Å². The van der Waals surface area contributed by atoms with Crippen LogP contribution >= 0.6 is 27.5 Å². The molecule has 1 aromatic carbocycles. The Labute approximate surface area is 90.1 Å². The maximum Gasteiger partial charge on any atom is 0.282 e. The molecule has 0 aliphatic rings. The molecule has 0 unspecified atom stereocenters. The van der Waals surface area contributed by atoms with Gasteiger partial charge in [-0.15, -0.1) is 0 Å². The topological polar surface area (TPSA) is 3.88 Å². The van der Waals surface area contributed by atoms with Gasteiger partial charge in [0.05, 0.1) is 5.39 Å². The number of aryl methyl sites for hydroxylation is 1. The highest BCUT2D eigenvalue weighted by Crippen LogP contribution is 2.23. The maximum absolute atomic E-state index is 6.14. The summed E-state index contributed by atoms with van der Waals surface area (Å²) in [4.78, 5) is 0. The van der Waals surface area contributed by atoms with Crippen LogP contribution in [-0.2, 0) is 7.05 Å². The lowest BCUT2D eigenvalue weighted by Gasteiger charge is -1.98. The van der Waals surface area contributed by atoms with Gasteiger partial charge in [-0.05, 0) is 29.1 Å². The van der Waals surface area contributed by atoms with Crippen molar-refractivity contribution in [3.8, 4) is 0 Å². The molecular weight excluding hydrogens is 249 g/mol. The normalized spacial score (nSPS) is 10.7. The standard InChI is InChI=1S/C10H8BrClN/c1-13-5-4-7-2-3-8(11)6-9(7)10(13)12/h2-6H,1H3/q+1. The first kappa shape index (κ1) is 8.97. The summed E-state index contributed by atoms with van der Waals surface area (Å²) in [6.07, 6.45) is 1.96. The SMILES string of the molecule is C[n+]1ccc2ccc(Br)cc2c1Cl. The minimum absolute atomic E-state index is 0.763. The Morgan fingerprint density at radius 3 is 2.85 bits per heavy atom. The lowest BCUT2D eigenvalue weighted by atomic mass is 10.2. The molecule has 1 aromatic heterocycles. The second-order valence-corrected chi connectivity index (χ2v) is 4.22. The fraction of sp³-hybridized carbons (Fsp3) is 0.100. The predicted molar refractivity (Wildman–Crippen MR) is 57.8 cm³/mol. The van der Waals surface area contributed by atoms with Gasteiger partial charge in [0.2, 0.25) is 0 Å². The summed E-state index contributed by atoms with van der Waals surface area (Å²) < 4.78 is 2.95. The van der Waals surface area contributed by atoms with Crippen molar-refractivity contribution >= 4 is 38.3 Å². The third-order valence-corrected chi connectivity index (χ3v) is 2.99. The number of aromatic nitrogens is 1. The van der Waals surface area contributed by atoms with Gasteiger partial charge in [-0.25, -0.2) is 0 Å². The molecule has 0 aliphatic heterocycles. The predicted octanol–water partition coefficient (Wildman–Crippen LogP) is 3.08. The molecular formula is C10H8BrClN+. The van der Waals surface area contributed by atoms with Crippen LogP contribution in [0.25, 0.3) is 10.8 Å². The van der Waals surface area contributed by atoms with E-state index in [9.17, 15) is 0 Å². The van der Waals surface area contributed by atoms with Crippen LogP contribution in [0.15, 0.2) is 34.9 Å². The maximum atomic E-state index is 6.14. The summed E-state index contributed by atoms with van der Waals surface area (Å²) in [5.41, 5.74) is 0. The third-order valence-electron chi connectivity index (χ3n) is 2.02. The molecule has 0 fully saturated rings. The minimum atomic E-state index is 0.763. The first-order valence-electron chi connectivity index (χ1n) is 3.92. The van der Waals surface area contributed by atoms with Gasteiger partial charge in [-0.1, -0.05) is 22.0 Å². The van der Waals surface area contributed by atoms with Crippen LogP contribution in [-0.4, -0.2) is 0 Å². The van der Waals surface area contributed by atoms with Crippen LogP contribution in [0.2, 0.25) is 5.15 Å². The van der Waals surface area contributed by atoms with Crippen LogP contribution in [0.5, 0.6) is 0 Å². The Bertz CT molecular complexity index is 462. The number of hydrogen-bond donors (Lipinski definition) is 0. The van der Waals surface area contributed by atoms with Crippen molar-refractivity contribution in [1.29, 1.82) is 0 Å². The Kier molecular flexibility index (Phi) is 2.26. The lowest BCUT2D eigenvalue weighted by molar-refractivity contribution is -0.667. The minimum Gasteiger partial charge on any atom is -0.191 e. The van der Waals surface area contributed by atoms with Crippen LogP contribution in [0, 0.1) is 0 Å². The van der Waals surface area contributed by atoms with Crippen molar-refractivity contribution in [2.24, 2.45) is 7.05 Å². The summed E-state index contributed by atoms with van der Waals surface area (Å²) in [6, 6.07) is 8.13. The van der Waals surface area contributed by atoms with Crippen molar-refractivity contribution < 1.29 is 4.57 Å². The molecule has 1 heterocycles. The summed E-state index contributed by atoms with van der Waals surface area (Å²) in [5.74, 6) is 0. The van der Waals surface area contributed by atoms with Crippen LogP contribution in [0.1, 0.15) is 0 Å². The number of pyridine rings is 1. The van der Waals surface area contributed by atoms with Gasteiger partial charge in [-0.2, -0.15) is 4.57 Å². The summed E-state index contributed by atoms with van der Waals surface area (Å²) >= 11 is 9.56. The van der Waals surface area contributed by atoms with Crippen molar-refractivity contribution in [3.63, 3.8) is 0 Å². The number of rotatable bonds is 0. The fourth-order valence-electron chi connectivity index (χ4n) is 1.30. The Morgan fingerprint density at radius 1 is 1.31 bits per heavy atom. The molecule has 3 heteroatoms. The number of fused-ring (bicyclic) bond motifs is 1. The zero-order valence-electron chi connectivity index (χ0n) is 7.09. The smallest absolute Gasteiger partial charge is 0.191 e. The molecule has 13 heavy (non-hydrogen) atoms. The van der Waals surface area contributed by atoms with Gasteiger partial charge in [-0.3, -0.25) is 0 Å². The number of halogens is 2. The van der Waals surface area contributed by atoms with E-state index in [1.807, 2.05) is 42.1 Å². The molecule has 0 saturated heterocycles. The zero-order valence-corrected chi connectivity index (χ0v) is 9.43. The molecule has 2 aromatic rings. The van der Waals surface area contributed by atoms with Crippen molar-refractivity contribution in [3.05, 3.63) is 40.1 Å². The van der Waals surface area contributed by atoms with E-state index in [1.165, 1.54) is 0 Å². The monoisotopic (exact) mass is 256 g/mol. The van der Waals surface area contributed by atoms with E-state index < -0.39 is 0 Å². The molecule has 0 bridgehead atoms. The molecule has 2 rings (SSSR count). The molecule has 0 saturated carbocycles. The molecule has 0 aliphatic carbocycles. The average Bonchev–Trinajstić information content (AvgIpc) is 2.12. The lowest BCUT2D eigenvalue weighted by Crippen LogP contribution is -2.28. The zero-order chi connectivity index (χ0) is 9.42. The summed E-state index contributed by atoms with van der Waals surface area (Å²) in [7, 11) is 1.93. The third kappa shape index (κ3) is 1.56. The molecule has 0 N–H and O–H groups in total. The molecule has 0 atom stereocenters. The highest BCUT2D eigenvalue weighted by atomic mass is 79.9. The quantitative estimate of drug-likeness (QED) is 0.504. The largest absolute Gasteiger partial charge is 0.282 e. The van der Waals surface area contributed by atoms with Crippen molar-refractivity contribution in [1.82, 2.24) is 0 Å². The van der Waals surface area contributed by atoms with Crippen LogP contribution in [0.3, 0.4) is 0 Å². The van der Waals surface area contributed by atoms with E-state index in [-0.39, 0.29) is 0 Å². The van der Waals surface area contributed by atoms with E-state index in [0.717, 1.165) is 20.4 Å². The Morgan fingerprint density at radius 2 is 2.08 bits per heavy atom. The van der Waals surface area contributed by atoms with E-state index in [2.05, 4.69) is 15.9 Å². The van der Waals surface area contributed by atoms with Gasteiger partial charge in [0.25, 0.3) is 5.15 Å². The number of nitrogens with zero attached hydrogens (tertiary/aromatic N) is 1.